The molecule has 1 atom stereocenters. The van der Waals surface area contributed by atoms with Crippen molar-refractivity contribution in [2.75, 3.05) is 5.32 Å². The number of allylic oxidation sites excluding steroid dienone is 1. The second kappa shape index (κ2) is 9.78. The van der Waals surface area contributed by atoms with Gasteiger partial charge >= 0.3 is 0 Å². The molecule has 7 nitrogen and oxygen atoms in total. The van der Waals surface area contributed by atoms with Gasteiger partial charge < -0.3 is 5.32 Å². The van der Waals surface area contributed by atoms with Crippen molar-refractivity contribution in [1.29, 1.82) is 0 Å². The molecule has 8 heteroatoms. The van der Waals surface area contributed by atoms with Gasteiger partial charge in [-0.3, -0.25) is 18.8 Å². The fourth-order valence-corrected chi connectivity index (χ4v) is 5.85. The summed E-state index contributed by atoms with van der Waals surface area (Å²) in [6, 6.07) is 16.7. The van der Waals surface area contributed by atoms with Gasteiger partial charge in [0.1, 0.15) is 0 Å². The summed E-state index contributed by atoms with van der Waals surface area (Å²) in [4.78, 5) is 32.9. The third-order valence-electron chi connectivity index (χ3n) is 6.79. The molecule has 2 aromatic carbocycles. The lowest BCUT2D eigenvalue weighted by molar-refractivity contribution is -0.113. The topological polar surface area (TPSA) is 81.3 Å². The third-order valence-corrected chi connectivity index (χ3v) is 7.77. The fourth-order valence-electron chi connectivity index (χ4n) is 4.82. The van der Waals surface area contributed by atoms with Crippen LogP contribution >= 0.6 is 11.3 Å². The van der Waals surface area contributed by atoms with Crippen molar-refractivity contribution in [3.63, 3.8) is 0 Å². The Hall–Kier alpha value is -4.04. The average Bonchev–Trinajstić information content (AvgIpc) is 3.34. The van der Waals surface area contributed by atoms with Crippen molar-refractivity contribution in [2.45, 2.75) is 47.2 Å². The van der Waals surface area contributed by atoms with E-state index in [0.717, 1.165) is 40.3 Å². The van der Waals surface area contributed by atoms with Crippen LogP contribution in [0.15, 0.2) is 75.7 Å². The number of hydrogen-bond acceptors (Lipinski definition) is 5. The predicted molar refractivity (Wildman–Crippen MR) is 147 cm³/mol. The minimum absolute atomic E-state index is 0.172. The minimum Gasteiger partial charge on any atom is -0.322 e. The van der Waals surface area contributed by atoms with Gasteiger partial charge in [-0.25, -0.2) is 4.99 Å². The molecule has 0 saturated carbocycles. The average molecular weight is 512 g/mol. The Bertz CT molecular complexity index is 1720. The van der Waals surface area contributed by atoms with Crippen LogP contribution < -0.4 is 20.2 Å². The summed E-state index contributed by atoms with van der Waals surface area (Å²) >= 11 is 1.34. The number of para-hydroxylation sites is 1. The van der Waals surface area contributed by atoms with Crippen LogP contribution in [0.1, 0.15) is 48.0 Å². The Labute approximate surface area is 219 Å². The van der Waals surface area contributed by atoms with Crippen molar-refractivity contribution in [3.8, 4) is 0 Å². The number of aromatic nitrogens is 3. The van der Waals surface area contributed by atoms with E-state index in [4.69, 9.17) is 4.99 Å². The van der Waals surface area contributed by atoms with E-state index in [1.165, 1.54) is 11.3 Å². The van der Waals surface area contributed by atoms with Crippen LogP contribution in [0.3, 0.4) is 0 Å². The zero-order valence-electron chi connectivity index (χ0n) is 21.6. The lowest BCUT2D eigenvalue weighted by Crippen LogP contribution is -2.40. The SMILES string of the molecule is CCn1nc(C)c(/C=c2\sc3n(c2=O)[C@H](c2ccccc2)C(C(=O)Nc2ccccc2C)=C(C)N=3)c1C. The van der Waals surface area contributed by atoms with E-state index in [9.17, 15) is 9.59 Å². The molecular formula is C29H29N5O2S. The Balaban J connectivity index is 1.68. The van der Waals surface area contributed by atoms with E-state index in [1.54, 1.807) is 4.57 Å². The number of aryl methyl sites for hydroxylation is 3. The maximum absolute atomic E-state index is 13.9. The molecule has 4 aromatic rings. The number of carbonyl (C=O) groups is 1. The molecule has 0 bridgehead atoms. The number of carbonyl (C=O) groups excluding carboxylic acids is 1. The van der Waals surface area contributed by atoms with E-state index < -0.39 is 6.04 Å². The molecule has 0 radical (unpaired) electrons. The van der Waals surface area contributed by atoms with Crippen molar-refractivity contribution < 1.29 is 4.79 Å². The standard InChI is InChI=1S/C29H29N5O2S/c1-6-33-20(5)22(18(3)32-33)16-24-28(36)34-26(21-13-8-7-9-14-21)25(19(4)30-29(34)37-24)27(35)31-23-15-11-10-12-17(23)2/h7-16,26H,6H2,1-5H3,(H,31,35)/b24-16-/t26-/m1/s1. The maximum atomic E-state index is 13.9. The third kappa shape index (κ3) is 4.38. The molecule has 5 rings (SSSR count). The molecule has 188 valence electrons. The summed E-state index contributed by atoms with van der Waals surface area (Å²) < 4.78 is 4.15. The van der Waals surface area contributed by atoms with Crippen LogP contribution in [0.5, 0.6) is 0 Å². The van der Waals surface area contributed by atoms with Gasteiger partial charge in [0.2, 0.25) is 0 Å². The molecule has 1 amide bonds. The van der Waals surface area contributed by atoms with E-state index in [-0.39, 0.29) is 11.5 Å². The highest BCUT2D eigenvalue weighted by Crippen LogP contribution is 2.31. The Morgan fingerprint density at radius 2 is 1.76 bits per heavy atom. The molecule has 37 heavy (non-hydrogen) atoms. The van der Waals surface area contributed by atoms with Crippen LogP contribution in [0.25, 0.3) is 6.08 Å². The van der Waals surface area contributed by atoms with Gasteiger partial charge in [0.25, 0.3) is 11.5 Å². The number of rotatable bonds is 5. The number of amides is 1. The van der Waals surface area contributed by atoms with Crippen molar-refractivity contribution in [2.24, 2.45) is 4.99 Å². The van der Waals surface area contributed by atoms with E-state index in [1.807, 2.05) is 100.0 Å². The number of thiazole rings is 1. The summed E-state index contributed by atoms with van der Waals surface area (Å²) in [6.45, 7) is 10.5. The molecule has 0 aliphatic carbocycles. The Kier molecular flexibility index (Phi) is 6.52. The number of hydrogen-bond donors (Lipinski definition) is 1. The normalized spacial score (nSPS) is 15.5. The molecule has 3 heterocycles. The quantitative estimate of drug-likeness (QED) is 0.440. The van der Waals surface area contributed by atoms with Crippen molar-refractivity contribution >= 4 is 29.0 Å². The smallest absolute Gasteiger partial charge is 0.271 e. The second-order valence-electron chi connectivity index (χ2n) is 9.16. The van der Waals surface area contributed by atoms with Gasteiger partial charge in [0.05, 0.1) is 27.5 Å². The first-order valence-corrected chi connectivity index (χ1v) is 13.1. The molecular weight excluding hydrogens is 482 g/mol. The highest BCUT2D eigenvalue weighted by atomic mass is 32.1. The highest BCUT2D eigenvalue weighted by Gasteiger charge is 2.32. The van der Waals surface area contributed by atoms with Gasteiger partial charge in [-0.05, 0) is 57.9 Å². The molecule has 1 N–H and O–H groups in total. The Morgan fingerprint density at radius 3 is 2.43 bits per heavy atom. The minimum atomic E-state index is -0.593. The van der Waals surface area contributed by atoms with Gasteiger partial charge in [0, 0.05) is 23.5 Å². The molecule has 1 aliphatic rings. The van der Waals surface area contributed by atoms with E-state index in [0.29, 0.717) is 20.6 Å². The molecule has 2 aromatic heterocycles. The van der Waals surface area contributed by atoms with Crippen molar-refractivity contribution in [3.05, 3.63) is 114 Å². The fraction of sp³-hybridized carbons (Fsp3) is 0.241. The van der Waals surface area contributed by atoms with Crippen LogP contribution in [0, 0.1) is 20.8 Å². The van der Waals surface area contributed by atoms with Gasteiger partial charge in [-0.2, -0.15) is 5.10 Å². The van der Waals surface area contributed by atoms with Crippen LogP contribution in [-0.4, -0.2) is 20.3 Å². The summed E-state index contributed by atoms with van der Waals surface area (Å²) in [5, 5.41) is 7.63. The van der Waals surface area contributed by atoms with Gasteiger partial charge in [-0.15, -0.1) is 0 Å². The Morgan fingerprint density at radius 1 is 1.05 bits per heavy atom. The maximum Gasteiger partial charge on any atom is 0.271 e. The molecule has 0 fully saturated rings. The largest absolute Gasteiger partial charge is 0.322 e. The zero-order chi connectivity index (χ0) is 26.3. The molecule has 0 unspecified atom stereocenters. The van der Waals surface area contributed by atoms with Crippen molar-refractivity contribution in [1.82, 2.24) is 14.3 Å². The van der Waals surface area contributed by atoms with Crippen LogP contribution in [-0.2, 0) is 11.3 Å². The number of fused-ring (bicyclic) bond motifs is 1. The first-order chi connectivity index (χ1) is 17.8. The number of nitrogens with one attached hydrogen (secondary N) is 1. The summed E-state index contributed by atoms with van der Waals surface area (Å²) in [7, 11) is 0. The number of anilines is 1. The summed E-state index contributed by atoms with van der Waals surface area (Å²) in [6.07, 6.45) is 1.90. The predicted octanol–water partition coefficient (Wildman–Crippen LogP) is 4.02. The molecule has 1 aliphatic heterocycles. The monoisotopic (exact) mass is 511 g/mol. The lowest BCUT2D eigenvalue weighted by atomic mass is 9.95. The summed E-state index contributed by atoms with van der Waals surface area (Å²) in [5.41, 5.74) is 6.26. The molecule has 0 saturated heterocycles. The first kappa shape index (κ1) is 24.6. The molecule has 0 spiro atoms. The van der Waals surface area contributed by atoms with Gasteiger partial charge in [0.15, 0.2) is 4.80 Å². The highest BCUT2D eigenvalue weighted by molar-refractivity contribution is 7.07. The zero-order valence-corrected chi connectivity index (χ0v) is 22.4. The van der Waals surface area contributed by atoms with Gasteiger partial charge in [-0.1, -0.05) is 59.9 Å². The number of benzene rings is 2. The lowest BCUT2D eigenvalue weighted by Gasteiger charge is -2.25. The van der Waals surface area contributed by atoms with Crippen LogP contribution in [0.4, 0.5) is 5.69 Å². The number of nitrogens with zero attached hydrogens (tertiary/aromatic N) is 4. The summed E-state index contributed by atoms with van der Waals surface area (Å²) in [5.74, 6) is -0.269. The van der Waals surface area contributed by atoms with E-state index in [2.05, 4.69) is 10.4 Å². The van der Waals surface area contributed by atoms with E-state index >= 15 is 0 Å². The second-order valence-corrected chi connectivity index (χ2v) is 10.2. The van der Waals surface area contributed by atoms with Crippen LogP contribution in [0.2, 0.25) is 0 Å². The first-order valence-electron chi connectivity index (χ1n) is 12.3.